The highest BCUT2D eigenvalue weighted by Crippen LogP contribution is 2.14. The lowest BCUT2D eigenvalue weighted by molar-refractivity contribution is -0.127. The zero-order valence-corrected chi connectivity index (χ0v) is 8.30. The molecule has 1 amide bonds. The summed E-state index contributed by atoms with van der Waals surface area (Å²) in [5.41, 5.74) is -2.01. The fourth-order valence-corrected chi connectivity index (χ4v) is 0.519. The molecule has 0 aromatic carbocycles. The highest BCUT2D eigenvalue weighted by atomic mass is 16.2. The topological polar surface area (TPSA) is 76.7 Å². The van der Waals surface area contributed by atoms with Gasteiger partial charge in [-0.25, -0.2) is 0 Å². The van der Waals surface area contributed by atoms with Gasteiger partial charge in [0.1, 0.15) is 11.0 Å². The molecular formula is C9H13N3O. The molecule has 4 heteroatoms. The molecule has 0 fully saturated rings. The number of amides is 1. The van der Waals surface area contributed by atoms with Crippen molar-refractivity contribution in [3.63, 3.8) is 0 Å². The van der Waals surface area contributed by atoms with E-state index < -0.39 is 16.9 Å². The van der Waals surface area contributed by atoms with Gasteiger partial charge in [0.15, 0.2) is 0 Å². The third kappa shape index (κ3) is 3.13. The van der Waals surface area contributed by atoms with Gasteiger partial charge in [-0.2, -0.15) is 10.5 Å². The molecule has 0 rings (SSSR count). The second kappa shape index (κ2) is 3.45. The Labute approximate surface area is 78.2 Å². The minimum absolute atomic E-state index is 0.429. The lowest BCUT2D eigenvalue weighted by Gasteiger charge is -2.22. The van der Waals surface area contributed by atoms with Gasteiger partial charge >= 0.3 is 0 Å². The Morgan fingerprint density at radius 3 is 1.92 bits per heavy atom. The van der Waals surface area contributed by atoms with Crippen LogP contribution in [0, 0.1) is 28.1 Å². The van der Waals surface area contributed by atoms with E-state index in [4.69, 9.17) is 10.5 Å². The van der Waals surface area contributed by atoms with Crippen LogP contribution in [-0.2, 0) is 4.79 Å². The second-order valence-electron chi connectivity index (χ2n) is 3.93. The quantitative estimate of drug-likeness (QED) is 0.685. The standard InChI is InChI=1S/C9H13N3O/c1-8(2,5-10)7(13)12-9(3,4)6-11/h1-4H3,(H,12,13). The summed E-state index contributed by atoms with van der Waals surface area (Å²) in [7, 11) is 0. The molecule has 0 bridgehead atoms. The summed E-state index contributed by atoms with van der Waals surface area (Å²) in [5.74, 6) is -0.429. The van der Waals surface area contributed by atoms with E-state index in [0.29, 0.717) is 0 Å². The minimum atomic E-state index is -1.09. The van der Waals surface area contributed by atoms with Crippen molar-refractivity contribution in [3.05, 3.63) is 0 Å². The number of carbonyl (C=O) groups excluding carboxylic acids is 1. The van der Waals surface area contributed by atoms with Gasteiger partial charge < -0.3 is 5.32 Å². The molecule has 0 atom stereocenters. The van der Waals surface area contributed by atoms with Crippen molar-refractivity contribution in [3.8, 4) is 12.1 Å². The first kappa shape index (κ1) is 11.4. The number of nitrogens with zero attached hydrogens (tertiary/aromatic N) is 2. The molecule has 0 aromatic rings. The van der Waals surface area contributed by atoms with Gasteiger partial charge in [-0.15, -0.1) is 0 Å². The first-order chi connectivity index (χ1) is 5.75. The fraction of sp³-hybridized carbons (Fsp3) is 0.667. The maximum atomic E-state index is 11.4. The SMILES string of the molecule is CC(C)(C#N)NC(=O)C(C)(C)C#N. The van der Waals surface area contributed by atoms with Gasteiger partial charge in [0.05, 0.1) is 12.1 Å². The second-order valence-corrected chi connectivity index (χ2v) is 3.93. The van der Waals surface area contributed by atoms with E-state index in [0.717, 1.165) is 0 Å². The lowest BCUT2D eigenvalue weighted by Crippen LogP contribution is -2.47. The van der Waals surface area contributed by atoms with Crippen LogP contribution in [-0.4, -0.2) is 11.4 Å². The van der Waals surface area contributed by atoms with Crippen molar-refractivity contribution in [1.29, 1.82) is 10.5 Å². The fourth-order valence-electron chi connectivity index (χ4n) is 0.519. The molecule has 0 aliphatic carbocycles. The Hall–Kier alpha value is -1.55. The number of rotatable bonds is 2. The average Bonchev–Trinajstić information content (AvgIpc) is 2.04. The van der Waals surface area contributed by atoms with Crippen LogP contribution in [0.5, 0.6) is 0 Å². The van der Waals surface area contributed by atoms with Crippen LogP contribution >= 0.6 is 0 Å². The normalized spacial score (nSPS) is 11.2. The Bertz CT molecular complexity index is 291. The lowest BCUT2D eigenvalue weighted by atomic mass is 9.93. The summed E-state index contributed by atoms with van der Waals surface area (Å²) in [4.78, 5) is 11.4. The molecule has 0 aromatic heterocycles. The van der Waals surface area contributed by atoms with E-state index in [1.807, 2.05) is 12.1 Å². The zero-order chi connectivity index (χ0) is 10.7. The summed E-state index contributed by atoms with van der Waals surface area (Å²) in [5, 5.41) is 19.7. The van der Waals surface area contributed by atoms with Gasteiger partial charge in [0, 0.05) is 0 Å². The van der Waals surface area contributed by atoms with Gasteiger partial charge in [-0.1, -0.05) is 0 Å². The monoisotopic (exact) mass is 179 g/mol. The maximum Gasteiger partial charge on any atom is 0.241 e. The van der Waals surface area contributed by atoms with Crippen LogP contribution < -0.4 is 5.32 Å². The number of hydrogen-bond acceptors (Lipinski definition) is 3. The van der Waals surface area contributed by atoms with Gasteiger partial charge in [0.2, 0.25) is 5.91 Å². The molecular weight excluding hydrogens is 166 g/mol. The Kier molecular flexibility index (Phi) is 3.04. The molecule has 0 saturated carbocycles. The number of nitriles is 2. The van der Waals surface area contributed by atoms with E-state index >= 15 is 0 Å². The molecule has 0 heterocycles. The molecule has 0 unspecified atom stereocenters. The Balaban J connectivity index is 4.55. The van der Waals surface area contributed by atoms with Crippen LogP contribution in [0.3, 0.4) is 0 Å². The third-order valence-corrected chi connectivity index (χ3v) is 1.55. The highest BCUT2D eigenvalue weighted by Gasteiger charge is 2.31. The summed E-state index contributed by atoms with van der Waals surface area (Å²) >= 11 is 0. The average molecular weight is 179 g/mol. The van der Waals surface area contributed by atoms with Crippen molar-refractivity contribution in [2.24, 2.45) is 5.41 Å². The van der Waals surface area contributed by atoms with E-state index in [1.165, 1.54) is 13.8 Å². The summed E-state index contributed by atoms with van der Waals surface area (Å²) in [6.07, 6.45) is 0. The first-order valence-electron chi connectivity index (χ1n) is 3.90. The molecule has 1 N–H and O–H groups in total. The van der Waals surface area contributed by atoms with Crippen LogP contribution in [0.2, 0.25) is 0 Å². The molecule has 0 spiro atoms. The van der Waals surface area contributed by atoms with E-state index in [1.54, 1.807) is 13.8 Å². The number of nitrogens with one attached hydrogen (secondary N) is 1. The maximum absolute atomic E-state index is 11.4. The third-order valence-electron chi connectivity index (χ3n) is 1.55. The van der Waals surface area contributed by atoms with Crippen LogP contribution in [0.1, 0.15) is 27.7 Å². The molecule has 13 heavy (non-hydrogen) atoms. The zero-order valence-electron chi connectivity index (χ0n) is 8.30. The summed E-state index contributed by atoms with van der Waals surface area (Å²) < 4.78 is 0. The first-order valence-corrected chi connectivity index (χ1v) is 3.90. The predicted octanol–water partition coefficient (Wildman–Crippen LogP) is 0.955. The number of hydrogen-bond donors (Lipinski definition) is 1. The highest BCUT2D eigenvalue weighted by molar-refractivity contribution is 5.85. The van der Waals surface area contributed by atoms with Crippen molar-refractivity contribution in [2.45, 2.75) is 33.2 Å². The van der Waals surface area contributed by atoms with Crippen LogP contribution in [0.4, 0.5) is 0 Å². The van der Waals surface area contributed by atoms with Gasteiger partial charge in [-0.05, 0) is 27.7 Å². The van der Waals surface area contributed by atoms with E-state index in [2.05, 4.69) is 5.32 Å². The van der Waals surface area contributed by atoms with Crippen LogP contribution in [0.15, 0.2) is 0 Å². The van der Waals surface area contributed by atoms with Crippen molar-refractivity contribution in [1.82, 2.24) is 5.32 Å². The Morgan fingerprint density at radius 2 is 1.62 bits per heavy atom. The predicted molar refractivity (Wildman–Crippen MR) is 47.2 cm³/mol. The molecule has 4 nitrogen and oxygen atoms in total. The van der Waals surface area contributed by atoms with E-state index in [9.17, 15) is 4.79 Å². The van der Waals surface area contributed by atoms with E-state index in [-0.39, 0.29) is 0 Å². The van der Waals surface area contributed by atoms with Crippen molar-refractivity contribution in [2.75, 3.05) is 0 Å². The molecule has 0 aliphatic rings. The Morgan fingerprint density at radius 1 is 1.15 bits per heavy atom. The summed E-state index contributed by atoms with van der Waals surface area (Å²) in [6, 6.07) is 3.79. The number of carbonyl (C=O) groups is 1. The molecule has 70 valence electrons. The molecule has 0 aliphatic heterocycles. The van der Waals surface area contributed by atoms with Crippen LogP contribution in [0.25, 0.3) is 0 Å². The van der Waals surface area contributed by atoms with Gasteiger partial charge in [-0.3, -0.25) is 4.79 Å². The minimum Gasteiger partial charge on any atom is -0.337 e. The molecule has 0 radical (unpaired) electrons. The van der Waals surface area contributed by atoms with Crippen molar-refractivity contribution < 1.29 is 4.79 Å². The molecule has 0 saturated heterocycles. The summed E-state index contributed by atoms with van der Waals surface area (Å²) in [6.45, 7) is 6.18. The smallest absolute Gasteiger partial charge is 0.241 e. The largest absolute Gasteiger partial charge is 0.337 e. The van der Waals surface area contributed by atoms with Gasteiger partial charge in [0.25, 0.3) is 0 Å². The van der Waals surface area contributed by atoms with Crippen molar-refractivity contribution >= 4 is 5.91 Å².